The van der Waals surface area contributed by atoms with Gasteiger partial charge < -0.3 is 5.32 Å². The zero-order valence-electron chi connectivity index (χ0n) is 8.24. The van der Waals surface area contributed by atoms with Crippen molar-refractivity contribution in [2.75, 3.05) is 11.9 Å². The Kier molecular flexibility index (Phi) is 2.39. The normalized spacial score (nSPS) is 10.9. The van der Waals surface area contributed by atoms with Crippen LogP contribution in [0, 0.1) is 12.7 Å². The molecule has 0 bridgehead atoms. The first-order valence-electron chi connectivity index (χ1n) is 4.43. The molecule has 0 atom stereocenters. The Hall–Kier alpha value is -1.50. The fourth-order valence-electron chi connectivity index (χ4n) is 1.15. The van der Waals surface area contributed by atoms with Crippen molar-refractivity contribution in [1.82, 2.24) is 14.6 Å². The van der Waals surface area contributed by atoms with Gasteiger partial charge in [0.2, 0.25) is 15.9 Å². The van der Waals surface area contributed by atoms with Gasteiger partial charge in [-0.1, -0.05) is 11.3 Å². The molecule has 0 aromatic carbocycles. The fraction of sp³-hybridized carbons (Fsp3) is 0.375. The van der Waals surface area contributed by atoms with E-state index in [1.165, 1.54) is 18.3 Å². The highest BCUT2D eigenvalue weighted by molar-refractivity contribution is 7.20. The van der Waals surface area contributed by atoms with Gasteiger partial charge in [-0.05, 0) is 13.8 Å². The van der Waals surface area contributed by atoms with Gasteiger partial charge in [-0.3, -0.25) is 4.79 Å². The number of anilines is 1. The van der Waals surface area contributed by atoms with Gasteiger partial charge in [0.25, 0.3) is 0 Å². The molecule has 2 aromatic heterocycles. The molecule has 0 aliphatic carbocycles. The molecule has 0 unspecified atom stereocenters. The Morgan fingerprint density at radius 3 is 3.00 bits per heavy atom. The number of nitrogens with zero attached hydrogens (tertiary/aromatic N) is 3. The summed E-state index contributed by atoms with van der Waals surface area (Å²) in [6.07, 6.45) is 0. The average molecular weight is 228 g/mol. The molecule has 0 radical (unpaired) electrons. The molecular formula is C8H9FN4OS. The van der Waals surface area contributed by atoms with Crippen LogP contribution in [0.2, 0.25) is 0 Å². The van der Waals surface area contributed by atoms with Crippen molar-refractivity contribution in [3.63, 3.8) is 0 Å². The van der Waals surface area contributed by atoms with Crippen molar-refractivity contribution in [3.8, 4) is 0 Å². The quantitative estimate of drug-likeness (QED) is 0.834. The van der Waals surface area contributed by atoms with Crippen LogP contribution in [0.3, 0.4) is 0 Å². The number of hydrogen-bond donors (Lipinski definition) is 1. The minimum atomic E-state index is -0.846. The first-order valence-corrected chi connectivity index (χ1v) is 5.25. The number of nitrogens with one attached hydrogen (secondary N) is 1. The standard InChI is InChI=1S/C8H9FN4OS/c1-3-10-7-12-13-6(14)5(9)4(2)11-8(13)15-7/h3H2,1-2H3,(H,10,12). The summed E-state index contributed by atoms with van der Waals surface area (Å²) in [6, 6.07) is 0. The second kappa shape index (κ2) is 3.58. The maximum absolute atomic E-state index is 13.2. The van der Waals surface area contributed by atoms with Crippen molar-refractivity contribution >= 4 is 21.4 Å². The van der Waals surface area contributed by atoms with E-state index < -0.39 is 11.4 Å². The van der Waals surface area contributed by atoms with E-state index in [-0.39, 0.29) is 5.69 Å². The van der Waals surface area contributed by atoms with Gasteiger partial charge in [0.15, 0.2) is 0 Å². The number of halogens is 1. The third kappa shape index (κ3) is 1.58. The topological polar surface area (TPSA) is 59.3 Å². The highest BCUT2D eigenvalue weighted by Gasteiger charge is 2.12. The van der Waals surface area contributed by atoms with Crippen molar-refractivity contribution in [3.05, 3.63) is 21.9 Å². The van der Waals surface area contributed by atoms with E-state index in [1.54, 1.807) is 0 Å². The van der Waals surface area contributed by atoms with E-state index >= 15 is 0 Å². The first-order chi connectivity index (χ1) is 7.13. The minimum absolute atomic E-state index is 0.103. The van der Waals surface area contributed by atoms with Crippen LogP contribution in [0.4, 0.5) is 9.52 Å². The molecule has 2 rings (SSSR count). The van der Waals surface area contributed by atoms with Crippen LogP contribution in [-0.4, -0.2) is 21.1 Å². The second-order valence-corrected chi connectivity index (χ2v) is 3.90. The number of aromatic nitrogens is 3. The van der Waals surface area contributed by atoms with E-state index in [9.17, 15) is 9.18 Å². The van der Waals surface area contributed by atoms with Gasteiger partial charge >= 0.3 is 5.56 Å². The molecule has 0 fully saturated rings. The van der Waals surface area contributed by atoms with Crippen LogP contribution in [0.1, 0.15) is 12.6 Å². The average Bonchev–Trinajstić information content (AvgIpc) is 2.58. The lowest BCUT2D eigenvalue weighted by molar-refractivity contribution is 0.580. The Morgan fingerprint density at radius 1 is 1.60 bits per heavy atom. The Balaban J connectivity index is 2.71. The van der Waals surface area contributed by atoms with Crippen molar-refractivity contribution in [1.29, 1.82) is 0 Å². The molecule has 2 heterocycles. The zero-order chi connectivity index (χ0) is 11.0. The van der Waals surface area contributed by atoms with Gasteiger partial charge in [-0.2, -0.15) is 8.91 Å². The Morgan fingerprint density at radius 2 is 2.33 bits per heavy atom. The third-order valence-corrected chi connectivity index (χ3v) is 2.72. The molecule has 15 heavy (non-hydrogen) atoms. The summed E-state index contributed by atoms with van der Waals surface area (Å²) in [4.78, 5) is 15.8. The van der Waals surface area contributed by atoms with Gasteiger partial charge in [-0.15, -0.1) is 5.10 Å². The molecule has 2 aromatic rings. The number of rotatable bonds is 2. The van der Waals surface area contributed by atoms with Crippen LogP contribution in [0.5, 0.6) is 0 Å². The smallest absolute Gasteiger partial charge is 0.311 e. The lowest BCUT2D eigenvalue weighted by Gasteiger charge is -1.93. The van der Waals surface area contributed by atoms with E-state index in [1.807, 2.05) is 6.92 Å². The number of fused-ring (bicyclic) bond motifs is 1. The minimum Gasteiger partial charge on any atom is -0.360 e. The summed E-state index contributed by atoms with van der Waals surface area (Å²) in [7, 11) is 0. The predicted octanol–water partition coefficient (Wildman–Crippen LogP) is 1.03. The molecular weight excluding hydrogens is 219 g/mol. The van der Waals surface area contributed by atoms with Crippen molar-refractivity contribution < 1.29 is 4.39 Å². The van der Waals surface area contributed by atoms with Gasteiger partial charge in [0.1, 0.15) is 0 Å². The maximum atomic E-state index is 13.2. The van der Waals surface area contributed by atoms with Crippen molar-refractivity contribution in [2.45, 2.75) is 13.8 Å². The third-order valence-electron chi connectivity index (χ3n) is 1.85. The van der Waals surface area contributed by atoms with E-state index in [2.05, 4.69) is 15.4 Å². The zero-order valence-corrected chi connectivity index (χ0v) is 9.06. The van der Waals surface area contributed by atoms with Gasteiger partial charge in [0, 0.05) is 6.54 Å². The van der Waals surface area contributed by atoms with E-state index in [4.69, 9.17) is 0 Å². The molecule has 5 nitrogen and oxygen atoms in total. The highest BCUT2D eigenvalue weighted by Crippen LogP contribution is 2.16. The summed E-state index contributed by atoms with van der Waals surface area (Å²) >= 11 is 1.22. The lowest BCUT2D eigenvalue weighted by Crippen LogP contribution is -2.20. The van der Waals surface area contributed by atoms with E-state index in [0.29, 0.717) is 16.6 Å². The molecule has 80 valence electrons. The molecule has 0 spiro atoms. The molecule has 1 N–H and O–H groups in total. The predicted molar refractivity (Wildman–Crippen MR) is 56.0 cm³/mol. The number of hydrogen-bond acceptors (Lipinski definition) is 5. The van der Waals surface area contributed by atoms with E-state index in [0.717, 1.165) is 4.52 Å². The molecule has 0 aliphatic heterocycles. The first kappa shape index (κ1) is 10.0. The molecule has 0 saturated heterocycles. The Labute approximate surface area is 88.6 Å². The number of aryl methyl sites for hydroxylation is 1. The summed E-state index contributed by atoms with van der Waals surface area (Å²) < 4.78 is 14.2. The SMILES string of the molecule is CCNc1nn2c(=O)c(F)c(C)nc2s1. The van der Waals surface area contributed by atoms with Gasteiger partial charge in [0.05, 0.1) is 5.69 Å². The lowest BCUT2D eigenvalue weighted by atomic mass is 10.4. The molecule has 0 amide bonds. The van der Waals surface area contributed by atoms with Crippen LogP contribution in [-0.2, 0) is 0 Å². The second-order valence-electron chi connectivity index (χ2n) is 2.95. The largest absolute Gasteiger partial charge is 0.360 e. The van der Waals surface area contributed by atoms with Crippen LogP contribution < -0.4 is 10.9 Å². The summed E-state index contributed by atoms with van der Waals surface area (Å²) in [5, 5.41) is 7.42. The monoisotopic (exact) mass is 228 g/mol. The Bertz CT molecular complexity index is 562. The fourth-order valence-corrected chi connectivity index (χ4v) is 2.05. The van der Waals surface area contributed by atoms with Crippen LogP contribution in [0.25, 0.3) is 4.96 Å². The molecule has 0 saturated carbocycles. The van der Waals surface area contributed by atoms with Crippen LogP contribution >= 0.6 is 11.3 Å². The summed E-state index contributed by atoms with van der Waals surface area (Å²) in [5.74, 6) is -0.846. The van der Waals surface area contributed by atoms with Gasteiger partial charge in [-0.25, -0.2) is 4.98 Å². The molecule has 0 aliphatic rings. The van der Waals surface area contributed by atoms with Crippen molar-refractivity contribution in [2.24, 2.45) is 0 Å². The highest BCUT2D eigenvalue weighted by atomic mass is 32.1. The maximum Gasteiger partial charge on any atom is 0.311 e. The van der Waals surface area contributed by atoms with Crippen LogP contribution in [0.15, 0.2) is 4.79 Å². The molecule has 7 heteroatoms. The summed E-state index contributed by atoms with van der Waals surface area (Å²) in [5.41, 5.74) is -0.649. The summed E-state index contributed by atoms with van der Waals surface area (Å²) in [6.45, 7) is 4.06.